The number of piperazine rings is 1. The van der Waals surface area contributed by atoms with Gasteiger partial charge in [0.05, 0.1) is 12.7 Å². The Labute approximate surface area is 141 Å². The van der Waals surface area contributed by atoms with Gasteiger partial charge in [-0.2, -0.15) is 0 Å². The molecule has 5 heteroatoms. The fraction of sp³-hybridized carbons (Fsp3) is 0.944. The van der Waals surface area contributed by atoms with Gasteiger partial charge in [0.15, 0.2) is 0 Å². The molecule has 0 radical (unpaired) electrons. The van der Waals surface area contributed by atoms with E-state index in [9.17, 15) is 4.79 Å². The monoisotopic (exact) mass is 325 g/mol. The van der Waals surface area contributed by atoms with E-state index < -0.39 is 0 Å². The van der Waals surface area contributed by atoms with E-state index in [4.69, 9.17) is 4.74 Å². The van der Waals surface area contributed by atoms with Crippen LogP contribution in [0.15, 0.2) is 0 Å². The average Bonchev–Trinajstić information content (AvgIpc) is 2.45. The summed E-state index contributed by atoms with van der Waals surface area (Å²) in [7, 11) is 0. The largest absolute Gasteiger partial charge is 0.377 e. The smallest absolute Gasteiger partial charge is 0.222 e. The van der Waals surface area contributed by atoms with E-state index in [-0.39, 0.29) is 11.8 Å². The Morgan fingerprint density at radius 3 is 2.26 bits per heavy atom. The highest BCUT2D eigenvalue weighted by atomic mass is 16.5. The molecule has 2 rings (SSSR count). The lowest BCUT2D eigenvalue weighted by Crippen LogP contribution is -2.50. The van der Waals surface area contributed by atoms with Crippen molar-refractivity contribution >= 4 is 5.91 Å². The normalized spacial score (nSPS) is 26.5. The molecule has 1 heterocycles. The molecule has 134 valence electrons. The van der Waals surface area contributed by atoms with Crippen molar-refractivity contribution in [2.24, 2.45) is 11.8 Å². The molecule has 23 heavy (non-hydrogen) atoms. The Hall–Kier alpha value is -0.650. The van der Waals surface area contributed by atoms with Crippen molar-refractivity contribution in [2.45, 2.75) is 52.7 Å². The van der Waals surface area contributed by atoms with E-state index in [1.54, 1.807) is 0 Å². The molecule has 1 aliphatic heterocycles. The van der Waals surface area contributed by atoms with Gasteiger partial charge in [0, 0.05) is 51.2 Å². The Balaban J connectivity index is 1.49. The minimum atomic E-state index is 0.0735. The molecular formula is C18H35N3O2. The molecule has 0 atom stereocenters. The van der Waals surface area contributed by atoms with Gasteiger partial charge in [0.2, 0.25) is 5.91 Å². The van der Waals surface area contributed by atoms with Gasteiger partial charge in [-0.1, -0.05) is 27.7 Å². The van der Waals surface area contributed by atoms with Crippen LogP contribution in [0.2, 0.25) is 0 Å². The number of carbonyl (C=O) groups is 1. The molecular weight excluding hydrogens is 290 g/mol. The molecule has 5 nitrogen and oxygen atoms in total. The SMILES string of the molecule is CC(C)CN1CCN(CCOC2CC(NC(=O)C(C)C)C2)CC1. The summed E-state index contributed by atoms with van der Waals surface area (Å²) in [4.78, 5) is 16.7. The first-order valence-corrected chi connectivity index (χ1v) is 9.30. The molecule has 1 saturated heterocycles. The zero-order valence-electron chi connectivity index (χ0n) is 15.4. The topological polar surface area (TPSA) is 44.8 Å². The van der Waals surface area contributed by atoms with Crippen molar-refractivity contribution in [3.05, 3.63) is 0 Å². The van der Waals surface area contributed by atoms with Gasteiger partial charge in [0.25, 0.3) is 0 Å². The number of hydrogen-bond acceptors (Lipinski definition) is 4. The molecule has 2 aliphatic rings. The molecule has 0 aromatic heterocycles. The van der Waals surface area contributed by atoms with Crippen LogP contribution >= 0.6 is 0 Å². The first-order chi connectivity index (χ1) is 10.9. The van der Waals surface area contributed by atoms with Gasteiger partial charge in [-0.15, -0.1) is 0 Å². The van der Waals surface area contributed by atoms with Gasteiger partial charge in [-0.3, -0.25) is 9.69 Å². The lowest BCUT2D eigenvalue weighted by molar-refractivity contribution is -0.126. The summed E-state index contributed by atoms with van der Waals surface area (Å²) in [6.07, 6.45) is 2.29. The van der Waals surface area contributed by atoms with E-state index >= 15 is 0 Å². The quantitative estimate of drug-likeness (QED) is 0.736. The lowest BCUT2D eigenvalue weighted by Gasteiger charge is -2.38. The van der Waals surface area contributed by atoms with Crippen LogP contribution in [0.1, 0.15) is 40.5 Å². The van der Waals surface area contributed by atoms with E-state index in [0.29, 0.717) is 12.1 Å². The second-order valence-corrected chi connectivity index (χ2v) is 7.86. The fourth-order valence-corrected chi connectivity index (χ4v) is 3.25. The molecule has 1 amide bonds. The molecule has 2 fully saturated rings. The molecule has 0 aromatic carbocycles. The number of ether oxygens (including phenoxy) is 1. The lowest BCUT2D eigenvalue weighted by atomic mass is 9.89. The van der Waals surface area contributed by atoms with Crippen molar-refractivity contribution in [1.29, 1.82) is 0 Å². The van der Waals surface area contributed by atoms with Crippen molar-refractivity contribution in [3.8, 4) is 0 Å². The summed E-state index contributed by atoms with van der Waals surface area (Å²) in [6, 6.07) is 0.328. The zero-order chi connectivity index (χ0) is 16.8. The van der Waals surface area contributed by atoms with Crippen LogP contribution in [-0.4, -0.2) is 73.7 Å². The molecule has 0 unspecified atom stereocenters. The summed E-state index contributed by atoms with van der Waals surface area (Å²) in [5.74, 6) is 0.990. The summed E-state index contributed by atoms with van der Waals surface area (Å²) >= 11 is 0. The van der Waals surface area contributed by atoms with Crippen LogP contribution in [0.4, 0.5) is 0 Å². The van der Waals surface area contributed by atoms with Crippen LogP contribution in [0.25, 0.3) is 0 Å². The number of hydrogen-bond donors (Lipinski definition) is 1. The maximum atomic E-state index is 11.6. The summed E-state index contributed by atoms with van der Waals surface area (Å²) in [6.45, 7) is 16.2. The van der Waals surface area contributed by atoms with Gasteiger partial charge >= 0.3 is 0 Å². The summed E-state index contributed by atoms with van der Waals surface area (Å²) < 4.78 is 5.94. The highest BCUT2D eigenvalue weighted by molar-refractivity contribution is 5.78. The van der Waals surface area contributed by atoms with Gasteiger partial charge < -0.3 is 15.0 Å². The summed E-state index contributed by atoms with van der Waals surface area (Å²) in [5, 5.41) is 3.07. The predicted molar refractivity (Wildman–Crippen MR) is 93.5 cm³/mol. The van der Waals surface area contributed by atoms with Crippen LogP contribution in [0, 0.1) is 11.8 Å². The minimum absolute atomic E-state index is 0.0735. The maximum absolute atomic E-state index is 11.6. The molecule has 1 saturated carbocycles. The standard InChI is InChI=1S/C18H35N3O2/c1-14(2)13-21-7-5-20(6-8-21)9-10-23-17-11-16(12-17)19-18(22)15(3)4/h14-17H,5-13H2,1-4H3,(H,19,22). The van der Waals surface area contributed by atoms with Crippen LogP contribution in [0.3, 0.4) is 0 Å². The Morgan fingerprint density at radius 2 is 1.70 bits per heavy atom. The van der Waals surface area contributed by atoms with E-state index in [0.717, 1.165) is 45.0 Å². The molecule has 0 bridgehead atoms. The van der Waals surface area contributed by atoms with Crippen LogP contribution < -0.4 is 5.32 Å². The maximum Gasteiger partial charge on any atom is 0.222 e. The second-order valence-electron chi connectivity index (χ2n) is 7.86. The van der Waals surface area contributed by atoms with Crippen molar-refractivity contribution < 1.29 is 9.53 Å². The Kier molecular flexibility index (Phi) is 7.31. The van der Waals surface area contributed by atoms with Crippen molar-refractivity contribution in [1.82, 2.24) is 15.1 Å². The second kappa shape index (κ2) is 9.00. The first-order valence-electron chi connectivity index (χ1n) is 9.30. The van der Waals surface area contributed by atoms with Gasteiger partial charge in [-0.05, 0) is 18.8 Å². The highest BCUT2D eigenvalue weighted by Gasteiger charge is 2.31. The Bertz CT molecular complexity index is 359. The van der Waals surface area contributed by atoms with Gasteiger partial charge in [-0.25, -0.2) is 0 Å². The van der Waals surface area contributed by atoms with Crippen molar-refractivity contribution in [2.75, 3.05) is 45.9 Å². The van der Waals surface area contributed by atoms with Crippen LogP contribution in [-0.2, 0) is 9.53 Å². The first kappa shape index (κ1) is 18.7. The zero-order valence-corrected chi connectivity index (χ0v) is 15.4. The molecule has 0 spiro atoms. The Morgan fingerprint density at radius 1 is 1.09 bits per heavy atom. The number of amides is 1. The predicted octanol–water partition coefficient (Wildman–Crippen LogP) is 1.58. The van der Waals surface area contributed by atoms with E-state index in [1.807, 2.05) is 13.8 Å². The third-order valence-corrected chi connectivity index (χ3v) is 4.81. The average molecular weight is 325 g/mol. The highest BCUT2D eigenvalue weighted by Crippen LogP contribution is 2.23. The fourth-order valence-electron chi connectivity index (χ4n) is 3.25. The minimum Gasteiger partial charge on any atom is -0.377 e. The van der Waals surface area contributed by atoms with E-state index in [2.05, 4.69) is 29.0 Å². The van der Waals surface area contributed by atoms with E-state index in [1.165, 1.54) is 19.6 Å². The number of nitrogens with zero attached hydrogens (tertiary/aromatic N) is 2. The van der Waals surface area contributed by atoms with Gasteiger partial charge in [0.1, 0.15) is 0 Å². The molecule has 0 aromatic rings. The number of rotatable bonds is 8. The third kappa shape index (κ3) is 6.40. The number of carbonyl (C=O) groups excluding carboxylic acids is 1. The van der Waals surface area contributed by atoms with Crippen molar-refractivity contribution in [3.63, 3.8) is 0 Å². The summed E-state index contributed by atoms with van der Waals surface area (Å²) in [5.41, 5.74) is 0. The molecule has 1 aliphatic carbocycles. The van der Waals surface area contributed by atoms with Crippen LogP contribution in [0.5, 0.6) is 0 Å². The molecule has 1 N–H and O–H groups in total. The third-order valence-electron chi connectivity index (χ3n) is 4.81. The number of nitrogens with one attached hydrogen (secondary N) is 1.